The van der Waals surface area contributed by atoms with Crippen molar-refractivity contribution in [1.82, 2.24) is 9.38 Å². The van der Waals surface area contributed by atoms with Gasteiger partial charge in [-0.15, -0.1) is 0 Å². The maximum atomic E-state index is 13.2. The summed E-state index contributed by atoms with van der Waals surface area (Å²) in [7, 11) is 0. The van der Waals surface area contributed by atoms with E-state index < -0.39 is 0 Å². The summed E-state index contributed by atoms with van der Waals surface area (Å²) in [4.78, 5) is 17.8. The Labute approximate surface area is 168 Å². The highest BCUT2D eigenvalue weighted by molar-refractivity contribution is 6.06. The van der Waals surface area contributed by atoms with Gasteiger partial charge < -0.3 is 9.72 Å². The Morgan fingerprint density at radius 1 is 0.964 bits per heavy atom. The second-order valence-corrected chi connectivity index (χ2v) is 9.65. The van der Waals surface area contributed by atoms with Crippen LogP contribution >= 0.6 is 0 Å². The minimum atomic E-state index is -0.108. The van der Waals surface area contributed by atoms with Gasteiger partial charge in [0, 0.05) is 17.5 Å². The maximum Gasteiger partial charge on any atom is 0.255 e. The summed E-state index contributed by atoms with van der Waals surface area (Å²) in [6.07, 6.45) is 1.97. The lowest BCUT2D eigenvalue weighted by Gasteiger charge is -2.26. The number of amides is 1. The highest BCUT2D eigenvalue weighted by Crippen LogP contribution is 2.31. The predicted molar refractivity (Wildman–Crippen MR) is 116 cm³/mol. The summed E-state index contributed by atoms with van der Waals surface area (Å²) in [6.45, 7) is 17.1. The number of pyridine rings is 1. The van der Waals surface area contributed by atoms with Crippen molar-refractivity contribution >= 4 is 17.2 Å². The minimum absolute atomic E-state index is 0.0341. The van der Waals surface area contributed by atoms with Crippen molar-refractivity contribution < 1.29 is 4.79 Å². The Bertz CT molecular complexity index is 1010. The number of benzene rings is 1. The minimum Gasteiger partial charge on any atom is -0.319 e. The van der Waals surface area contributed by atoms with E-state index >= 15 is 0 Å². The predicted octanol–water partition coefficient (Wildman–Crippen LogP) is 5.80. The lowest BCUT2D eigenvalue weighted by atomic mass is 9.79. The first-order chi connectivity index (χ1) is 12.9. The summed E-state index contributed by atoms with van der Waals surface area (Å²) in [5, 5.41) is 3.08. The first kappa shape index (κ1) is 20.1. The van der Waals surface area contributed by atoms with Gasteiger partial charge >= 0.3 is 0 Å². The third kappa shape index (κ3) is 3.82. The lowest BCUT2D eigenvalue weighted by Crippen LogP contribution is -2.20. The molecular weight excluding hydrogens is 346 g/mol. The Morgan fingerprint density at radius 3 is 2.07 bits per heavy atom. The summed E-state index contributed by atoms with van der Waals surface area (Å²) in [5.41, 5.74) is 6.48. The van der Waals surface area contributed by atoms with Gasteiger partial charge in [0.05, 0.1) is 11.4 Å². The van der Waals surface area contributed by atoms with Crippen LogP contribution in [0.25, 0.3) is 5.65 Å². The average Bonchev–Trinajstić information content (AvgIpc) is 2.89. The van der Waals surface area contributed by atoms with E-state index in [0.717, 1.165) is 33.8 Å². The van der Waals surface area contributed by atoms with Gasteiger partial charge in [0.15, 0.2) is 5.65 Å². The zero-order chi connectivity index (χ0) is 20.9. The quantitative estimate of drug-likeness (QED) is 0.613. The zero-order valence-corrected chi connectivity index (χ0v) is 18.3. The SMILES string of the molecule is Cc1nc2c(NC(=O)c3cc(C(C)(C)C)cc(C(C)(C)C)c3)cccn2c1C. The van der Waals surface area contributed by atoms with Crippen molar-refractivity contribution in [2.24, 2.45) is 0 Å². The van der Waals surface area contributed by atoms with Crippen LogP contribution in [0.3, 0.4) is 0 Å². The lowest BCUT2D eigenvalue weighted by molar-refractivity contribution is 0.102. The zero-order valence-electron chi connectivity index (χ0n) is 18.3. The summed E-state index contributed by atoms with van der Waals surface area (Å²) < 4.78 is 2.01. The molecule has 2 heterocycles. The molecule has 0 radical (unpaired) electrons. The number of hydrogen-bond acceptors (Lipinski definition) is 2. The molecule has 0 aliphatic rings. The van der Waals surface area contributed by atoms with E-state index in [2.05, 4.69) is 57.9 Å². The number of imidazole rings is 1. The van der Waals surface area contributed by atoms with Gasteiger partial charge in [-0.05, 0) is 60.1 Å². The molecule has 0 unspecified atom stereocenters. The first-order valence-electron chi connectivity index (χ1n) is 9.79. The molecule has 1 aromatic carbocycles. The molecule has 3 aromatic rings. The van der Waals surface area contributed by atoms with E-state index in [1.165, 1.54) is 0 Å². The van der Waals surface area contributed by atoms with Gasteiger partial charge in [0.25, 0.3) is 5.91 Å². The second kappa shape index (κ2) is 6.77. The molecule has 0 saturated carbocycles. The standard InChI is InChI=1S/C24H31N3O/c1-15-16(2)27-11-9-10-20(21(27)25-15)26-22(28)17-12-18(23(3,4)5)14-19(13-17)24(6,7)8/h9-14H,1-8H3,(H,26,28). The molecule has 0 bridgehead atoms. The molecule has 4 heteroatoms. The van der Waals surface area contributed by atoms with Crippen molar-refractivity contribution in [2.45, 2.75) is 66.2 Å². The Balaban J connectivity index is 2.05. The third-order valence-corrected chi connectivity index (χ3v) is 5.30. The van der Waals surface area contributed by atoms with Gasteiger partial charge in [-0.2, -0.15) is 0 Å². The van der Waals surface area contributed by atoms with Crippen LogP contribution in [0.2, 0.25) is 0 Å². The number of aromatic nitrogens is 2. The Kier molecular flexibility index (Phi) is 4.86. The van der Waals surface area contributed by atoms with E-state index in [1.54, 1.807) is 0 Å². The van der Waals surface area contributed by atoms with Crippen molar-refractivity contribution in [3.8, 4) is 0 Å². The fourth-order valence-electron chi connectivity index (χ4n) is 3.22. The molecule has 0 spiro atoms. The number of fused-ring (bicyclic) bond motifs is 1. The topological polar surface area (TPSA) is 46.4 Å². The Morgan fingerprint density at radius 2 is 1.54 bits per heavy atom. The summed E-state index contributed by atoms with van der Waals surface area (Å²) >= 11 is 0. The molecule has 4 nitrogen and oxygen atoms in total. The van der Waals surface area contributed by atoms with Gasteiger partial charge in [-0.1, -0.05) is 47.6 Å². The number of nitrogens with zero attached hydrogens (tertiary/aromatic N) is 2. The number of rotatable bonds is 2. The number of carbonyl (C=O) groups excluding carboxylic acids is 1. The van der Waals surface area contributed by atoms with Crippen LogP contribution in [0, 0.1) is 13.8 Å². The molecule has 1 N–H and O–H groups in total. The van der Waals surface area contributed by atoms with E-state index in [1.807, 2.05) is 48.7 Å². The molecule has 148 valence electrons. The molecule has 0 saturated heterocycles. The third-order valence-electron chi connectivity index (χ3n) is 5.30. The number of nitrogens with one attached hydrogen (secondary N) is 1. The van der Waals surface area contributed by atoms with Crippen LogP contribution < -0.4 is 5.32 Å². The van der Waals surface area contributed by atoms with Crippen molar-refractivity contribution in [3.05, 3.63) is 64.6 Å². The van der Waals surface area contributed by atoms with E-state index in [4.69, 9.17) is 0 Å². The van der Waals surface area contributed by atoms with Crippen LogP contribution in [-0.4, -0.2) is 15.3 Å². The molecule has 1 amide bonds. The number of anilines is 1. The summed E-state index contributed by atoms with van der Waals surface area (Å²) in [5.74, 6) is -0.108. The number of aryl methyl sites for hydroxylation is 2. The van der Waals surface area contributed by atoms with Crippen LogP contribution in [0.4, 0.5) is 5.69 Å². The summed E-state index contributed by atoms with van der Waals surface area (Å²) in [6, 6.07) is 10.1. The smallest absolute Gasteiger partial charge is 0.255 e. The Hall–Kier alpha value is -2.62. The van der Waals surface area contributed by atoms with Crippen molar-refractivity contribution in [1.29, 1.82) is 0 Å². The molecule has 3 rings (SSSR count). The van der Waals surface area contributed by atoms with Crippen LogP contribution in [0.1, 0.15) is 74.4 Å². The van der Waals surface area contributed by atoms with Gasteiger partial charge in [-0.25, -0.2) is 4.98 Å². The van der Waals surface area contributed by atoms with E-state index in [-0.39, 0.29) is 16.7 Å². The molecule has 0 aliphatic carbocycles. The molecule has 28 heavy (non-hydrogen) atoms. The van der Waals surface area contributed by atoms with Gasteiger partial charge in [-0.3, -0.25) is 4.79 Å². The fraction of sp³-hybridized carbons (Fsp3) is 0.417. The first-order valence-corrected chi connectivity index (χ1v) is 9.79. The maximum absolute atomic E-state index is 13.2. The molecule has 2 aromatic heterocycles. The molecule has 0 aliphatic heterocycles. The van der Waals surface area contributed by atoms with Crippen molar-refractivity contribution in [2.75, 3.05) is 5.32 Å². The normalized spacial score (nSPS) is 12.4. The molecule has 0 atom stereocenters. The van der Waals surface area contributed by atoms with Gasteiger partial charge in [0.1, 0.15) is 0 Å². The second-order valence-electron chi connectivity index (χ2n) is 9.65. The number of carbonyl (C=O) groups is 1. The van der Waals surface area contributed by atoms with Crippen LogP contribution in [0.5, 0.6) is 0 Å². The highest BCUT2D eigenvalue weighted by Gasteiger charge is 2.22. The monoisotopic (exact) mass is 377 g/mol. The van der Waals surface area contributed by atoms with Crippen molar-refractivity contribution in [3.63, 3.8) is 0 Å². The average molecular weight is 378 g/mol. The molecular formula is C24H31N3O. The van der Waals surface area contributed by atoms with E-state index in [9.17, 15) is 4.79 Å². The number of hydrogen-bond donors (Lipinski definition) is 1. The molecule has 0 fully saturated rings. The fourth-order valence-corrected chi connectivity index (χ4v) is 3.22. The largest absolute Gasteiger partial charge is 0.319 e. The highest BCUT2D eigenvalue weighted by atomic mass is 16.1. The van der Waals surface area contributed by atoms with Crippen LogP contribution in [-0.2, 0) is 10.8 Å². The van der Waals surface area contributed by atoms with Gasteiger partial charge in [0.2, 0.25) is 0 Å². The van der Waals surface area contributed by atoms with Crippen LogP contribution in [0.15, 0.2) is 36.5 Å². The van der Waals surface area contributed by atoms with E-state index in [0.29, 0.717) is 5.56 Å².